The molecule has 1 aliphatic heterocycles. The lowest BCUT2D eigenvalue weighted by Crippen LogP contribution is -2.41. The van der Waals surface area contributed by atoms with Crippen LogP contribution in [0.15, 0.2) is 6.20 Å². The Kier molecular flexibility index (Phi) is 5.65. The van der Waals surface area contributed by atoms with Crippen LogP contribution < -0.4 is 0 Å². The summed E-state index contributed by atoms with van der Waals surface area (Å²) in [5, 5.41) is 0. The molecule has 0 bridgehead atoms. The van der Waals surface area contributed by atoms with Crippen LogP contribution in [0, 0.1) is 6.92 Å². The summed E-state index contributed by atoms with van der Waals surface area (Å²) >= 11 is 0. The molecule has 0 N–H and O–H groups in total. The van der Waals surface area contributed by atoms with Crippen molar-refractivity contribution in [1.82, 2.24) is 19.8 Å². The summed E-state index contributed by atoms with van der Waals surface area (Å²) in [5.74, 6) is 0.430. The van der Waals surface area contributed by atoms with E-state index in [1.54, 1.807) is 32.1 Å². The van der Waals surface area contributed by atoms with E-state index in [1.807, 2.05) is 0 Å². The first-order chi connectivity index (χ1) is 11.0. The number of likely N-dealkylation sites (tertiary alicyclic amines) is 1. The molecule has 1 saturated heterocycles. The smallest absolute Gasteiger partial charge is 0.256 e. The normalized spacial score (nSPS) is 17.9. The van der Waals surface area contributed by atoms with Gasteiger partial charge in [0.15, 0.2) is 5.82 Å². The van der Waals surface area contributed by atoms with E-state index >= 15 is 0 Å². The summed E-state index contributed by atoms with van der Waals surface area (Å²) in [6.07, 6.45) is 4.40. The molecule has 0 unspecified atom stereocenters. The summed E-state index contributed by atoms with van der Waals surface area (Å²) in [5.41, 5.74) is 1.13. The lowest BCUT2D eigenvalue weighted by atomic mass is 10.0. The number of piperidine rings is 1. The molecular formula is C16H24N4O3. The van der Waals surface area contributed by atoms with Crippen LogP contribution in [-0.4, -0.2) is 65.9 Å². The Morgan fingerprint density at radius 3 is 2.74 bits per heavy atom. The van der Waals surface area contributed by atoms with Crippen LogP contribution in [0.25, 0.3) is 0 Å². The molecule has 1 atom stereocenters. The van der Waals surface area contributed by atoms with Gasteiger partial charge >= 0.3 is 0 Å². The molecule has 2 amide bonds. The van der Waals surface area contributed by atoms with Gasteiger partial charge in [-0.15, -0.1) is 0 Å². The Labute approximate surface area is 136 Å². The predicted octanol–water partition coefficient (Wildman–Crippen LogP) is 1.19. The Balaban J connectivity index is 2.27. The summed E-state index contributed by atoms with van der Waals surface area (Å²) in [7, 11) is 4.91. The number of aromatic nitrogens is 2. The SMILES string of the molecule is COCC(=O)N1CCCC[C@H]1c1ncc(C(=O)N(C)C)c(C)n1. The zero-order valence-electron chi connectivity index (χ0n) is 14.2. The monoisotopic (exact) mass is 320 g/mol. The van der Waals surface area contributed by atoms with E-state index < -0.39 is 0 Å². The average Bonchev–Trinajstić information content (AvgIpc) is 2.54. The topological polar surface area (TPSA) is 75.6 Å². The number of carbonyl (C=O) groups is 2. The fraction of sp³-hybridized carbons (Fsp3) is 0.625. The van der Waals surface area contributed by atoms with Crippen molar-refractivity contribution in [2.24, 2.45) is 0 Å². The molecule has 0 aromatic carbocycles. The van der Waals surface area contributed by atoms with Crippen molar-refractivity contribution in [3.63, 3.8) is 0 Å². The highest BCUT2D eigenvalue weighted by Crippen LogP contribution is 2.29. The second kappa shape index (κ2) is 7.50. The number of aryl methyl sites for hydroxylation is 1. The quantitative estimate of drug-likeness (QED) is 0.833. The minimum atomic E-state index is -0.145. The zero-order chi connectivity index (χ0) is 17.0. The maximum Gasteiger partial charge on any atom is 0.256 e. The van der Waals surface area contributed by atoms with Crippen molar-refractivity contribution in [2.75, 3.05) is 34.4 Å². The summed E-state index contributed by atoms with van der Waals surface area (Å²) < 4.78 is 4.96. The lowest BCUT2D eigenvalue weighted by molar-refractivity contribution is -0.139. The van der Waals surface area contributed by atoms with E-state index in [1.165, 1.54) is 12.0 Å². The molecule has 1 aromatic rings. The van der Waals surface area contributed by atoms with Crippen molar-refractivity contribution in [3.8, 4) is 0 Å². The van der Waals surface area contributed by atoms with E-state index in [-0.39, 0.29) is 24.5 Å². The van der Waals surface area contributed by atoms with Gasteiger partial charge in [-0.05, 0) is 26.2 Å². The molecule has 23 heavy (non-hydrogen) atoms. The van der Waals surface area contributed by atoms with Gasteiger partial charge in [0.2, 0.25) is 5.91 Å². The Hall–Kier alpha value is -2.02. The highest BCUT2D eigenvalue weighted by molar-refractivity contribution is 5.94. The summed E-state index contributed by atoms with van der Waals surface area (Å²) in [4.78, 5) is 36.4. The highest BCUT2D eigenvalue weighted by Gasteiger charge is 2.30. The lowest BCUT2D eigenvalue weighted by Gasteiger charge is -2.34. The number of carbonyl (C=O) groups excluding carboxylic acids is 2. The maximum atomic E-state index is 12.2. The van der Waals surface area contributed by atoms with Crippen molar-refractivity contribution >= 4 is 11.8 Å². The number of methoxy groups -OCH3 is 1. The van der Waals surface area contributed by atoms with Gasteiger partial charge < -0.3 is 14.5 Å². The minimum Gasteiger partial charge on any atom is -0.375 e. The number of amides is 2. The van der Waals surface area contributed by atoms with Gasteiger partial charge in [0, 0.05) is 33.9 Å². The van der Waals surface area contributed by atoms with Crippen LogP contribution in [0.2, 0.25) is 0 Å². The third-order valence-electron chi connectivity index (χ3n) is 4.02. The Morgan fingerprint density at radius 2 is 2.13 bits per heavy atom. The molecule has 126 valence electrons. The molecule has 0 spiro atoms. The van der Waals surface area contributed by atoms with Crippen molar-refractivity contribution in [3.05, 3.63) is 23.3 Å². The minimum absolute atomic E-state index is 0.0492. The molecule has 7 nitrogen and oxygen atoms in total. The first-order valence-electron chi connectivity index (χ1n) is 7.79. The molecular weight excluding hydrogens is 296 g/mol. The average molecular weight is 320 g/mol. The largest absolute Gasteiger partial charge is 0.375 e. The fourth-order valence-corrected chi connectivity index (χ4v) is 2.80. The van der Waals surface area contributed by atoms with Crippen molar-refractivity contribution in [2.45, 2.75) is 32.2 Å². The van der Waals surface area contributed by atoms with E-state index in [9.17, 15) is 9.59 Å². The van der Waals surface area contributed by atoms with Gasteiger partial charge in [-0.2, -0.15) is 0 Å². The summed E-state index contributed by atoms with van der Waals surface area (Å²) in [6, 6.07) is -0.145. The Bertz CT molecular complexity index is 589. The second-order valence-corrected chi connectivity index (χ2v) is 5.96. The van der Waals surface area contributed by atoms with Crippen molar-refractivity contribution in [1.29, 1.82) is 0 Å². The number of hydrogen-bond donors (Lipinski definition) is 0. The van der Waals surface area contributed by atoms with Gasteiger partial charge in [0.05, 0.1) is 17.3 Å². The number of rotatable bonds is 4. The maximum absolute atomic E-state index is 12.2. The molecule has 1 aromatic heterocycles. The van der Waals surface area contributed by atoms with Crippen LogP contribution in [-0.2, 0) is 9.53 Å². The predicted molar refractivity (Wildman–Crippen MR) is 85.0 cm³/mol. The third-order valence-corrected chi connectivity index (χ3v) is 4.02. The molecule has 0 radical (unpaired) electrons. The van der Waals surface area contributed by atoms with Crippen LogP contribution in [0.1, 0.15) is 47.2 Å². The number of nitrogens with zero attached hydrogens (tertiary/aromatic N) is 4. The molecule has 7 heteroatoms. The van der Waals surface area contributed by atoms with Crippen molar-refractivity contribution < 1.29 is 14.3 Å². The van der Waals surface area contributed by atoms with E-state index in [0.717, 1.165) is 19.3 Å². The van der Waals surface area contributed by atoms with Crippen LogP contribution in [0.3, 0.4) is 0 Å². The first-order valence-corrected chi connectivity index (χ1v) is 7.79. The zero-order valence-corrected chi connectivity index (χ0v) is 14.2. The molecule has 2 heterocycles. The Morgan fingerprint density at radius 1 is 1.39 bits per heavy atom. The molecule has 0 aliphatic carbocycles. The van der Waals surface area contributed by atoms with E-state index in [0.29, 0.717) is 23.6 Å². The van der Waals surface area contributed by atoms with E-state index in [4.69, 9.17) is 4.74 Å². The first kappa shape index (κ1) is 17.3. The van der Waals surface area contributed by atoms with Gasteiger partial charge in [-0.3, -0.25) is 9.59 Å². The van der Waals surface area contributed by atoms with Crippen LogP contribution in [0.4, 0.5) is 0 Å². The third kappa shape index (κ3) is 3.85. The van der Waals surface area contributed by atoms with Gasteiger partial charge in [-0.1, -0.05) is 0 Å². The molecule has 1 aliphatic rings. The molecule has 1 fully saturated rings. The fourth-order valence-electron chi connectivity index (χ4n) is 2.80. The van der Waals surface area contributed by atoms with E-state index in [2.05, 4.69) is 9.97 Å². The standard InChI is InChI=1S/C16H24N4O3/c1-11-12(16(22)19(2)3)9-17-15(18-11)13-7-5-6-8-20(13)14(21)10-23-4/h9,13H,5-8,10H2,1-4H3/t13-/m0/s1. The molecule has 2 rings (SSSR count). The van der Waals surface area contributed by atoms with Crippen LogP contribution >= 0.6 is 0 Å². The number of hydrogen-bond acceptors (Lipinski definition) is 5. The van der Waals surface area contributed by atoms with Gasteiger partial charge in [0.25, 0.3) is 5.91 Å². The molecule has 0 saturated carbocycles. The van der Waals surface area contributed by atoms with Gasteiger partial charge in [-0.25, -0.2) is 9.97 Å². The van der Waals surface area contributed by atoms with Gasteiger partial charge in [0.1, 0.15) is 6.61 Å². The highest BCUT2D eigenvalue weighted by atomic mass is 16.5. The number of ether oxygens (including phenoxy) is 1. The van der Waals surface area contributed by atoms with Crippen LogP contribution in [0.5, 0.6) is 0 Å². The second-order valence-electron chi connectivity index (χ2n) is 5.96. The summed E-state index contributed by atoms with van der Waals surface area (Å²) in [6.45, 7) is 2.55.